The molecule has 1 aromatic rings. The van der Waals surface area contributed by atoms with Gasteiger partial charge in [-0.1, -0.05) is 19.9 Å². The van der Waals surface area contributed by atoms with Gasteiger partial charge in [0.15, 0.2) is 0 Å². The third kappa shape index (κ3) is 6.45. The molecule has 32 heavy (non-hydrogen) atoms. The van der Waals surface area contributed by atoms with E-state index in [1.165, 1.54) is 12.5 Å². The van der Waals surface area contributed by atoms with Crippen molar-refractivity contribution < 1.29 is 19.1 Å². The molecule has 0 radical (unpaired) electrons. The number of ether oxygens (including phenoxy) is 1. The highest BCUT2D eigenvalue weighted by molar-refractivity contribution is 5.87. The second-order valence-electron chi connectivity index (χ2n) is 9.22. The molecule has 0 aromatic heterocycles. The fraction of sp³-hybridized carbons (Fsp3) is 0.625. The minimum Gasteiger partial charge on any atom is -0.491 e. The maximum absolute atomic E-state index is 13.2. The molecule has 0 aliphatic carbocycles. The molecule has 1 N–H and O–H groups in total. The summed E-state index contributed by atoms with van der Waals surface area (Å²) < 4.78 is 5.92. The number of hydrogen-bond acceptors (Lipinski definition) is 5. The van der Waals surface area contributed by atoms with E-state index < -0.39 is 6.04 Å². The van der Waals surface area contributed by atoms with Crippen LogP contribution < -0.4 is 10.1 Å². The summed E-state index contributed by atoms with van der Waals surface area (Å²) in [6.07, 6.45) is 0.606. The van der Waals surface area contributed by atoms with E-state index in [1.807, 2.05) is 24.8 Å². The topological polar surface area (TPSA) is 82.2 Å². The number of hydrogen-bond donors (Lipinski definition) is 1. The van der Waals surface area contributed by atoms with Gasteiger partial charge in [-0.2, -0.15) is 0 Å². The molecule has 2 aliphatic rings. The van der Waals surface area contributed by atoms with Gasteiger partial charge in [-0.15, -0.1) is 0 Å². The fourth-order valence-electron chi connectivity index (χ4n) is 4.37. The maximum Gasteiger partial charge on any atom is 0.245 e. The van der Waals surface area contributed by atoms with Crippen molar-refractivity contribution >= 4 is 17.7 Å². The molecule has 0 spiro atoms. The van der Waals surface area contributed by atoms with E-state index in [4.69, 9.17) is 4.74 Å². The molecule has 1 saturated heterocycles. The Kier molecular flexibility index (Phi) is 8.12. The van der Waals surface area contributed by atoms with Crippen molar-refractivity contribution in [2.75, 3.05) is 39.3 Å². The summed E-state index contributed by atoms with van der Waals surface area (Å²) in [4.78, 5) is 42.5. The van der Waals surface area contributed by atoms with Gasteiger partial charge in [0.25, 0.3) is 0 Å². The molecule has 8 nitrogen and oxygen atoms in total. The minimum absolute atomic E-state index is 0.0592. The lowest BCUT2D eigenvalue weighted by atomic mass is 10.0. The average Bonchev–Trinajstić information content (AvgIpc) is 2.94. The Balaban J connectivity index is 1.68. The third-order valence-corrected chi connectivity index (χ3v) is 6.02. The van der Waals surface area contributed by atoms with Crippen molar-refractivity contribution in [2.45, 2.75) is 53.2 Å². The first-order chi connectivity index (χ1) is 15.2. The molecule has 3 rings (SSSR count). The Morgan fingerprint density at radius 2 is 1.75 bits per heavy atom. The number of rotatable bonds is 6. The number of nitrogens with one attached hydrogen (secondary N) is 1. The number of amides is 3. The van der Waals surface area contributed by atoms with Gasteiger partial charge in [0.05, 0.1) is 6.54 Å². The zero-order chi connectivity index (χ0) is 23.3. The summed E-state index contributed by atoms with van der Waals surface area (Å²) in [5.41, 5.74) is 2.15. The number of benzene rings is 1. The van der Waals surface area contributed by atoms with E-state index in [9.17, 15) is 14.4 Å². The minimum atomic E-state index is -0.519. The fourth-order valence-corrected chi connectivity index (χ4v) is 4.37. The Morgan fingerprint density at radius 1 is 1.03 bits per heavy atom. The van der Waals surface area contributed by atoms with Crippen molar-refractivity contribution in [3.8, 4) is 5.75 Å². The van der Waals surface area contributed by atoms with E-state index in [0.717, 1.165) is 44.0 Å². The summed E-state index contributed by atoms with van der Waals surface area (Å²) in [6.45, 7) is 12.6. The van der Waals surface area contributed by atoms with Crippen LogP contribution >= 0.6 is 0 Å². The molecule has 1 aromatic carbocycles. The number of fused-ring (bicyclic) bond motifs is 1. The van der Waals surface area contributed by atoms with E-state index in [0.29, 0.717) is 32.0 Å². The van der Waals surface area contributed by atoms with Crippen LogP contribution in [0.15, 0.2) is 18.2 Å². The Labute approximate surface area is 190 Å². The molecular formula is C24H36N4O4. The van der Waals surface area contributed by atoms with Gasteiger partial charge in [-0.25, -0.2) is 0 Å². The zero-order valence-corrected chi connectivity index (χ0v) is 19.7. The summed E-state index contributed by atoms with van der Waals surface area (Å²) in [5.74, 6) is 0.983. The molecule has 0 bridgehead atoms. The summed E-state index contributed by atoms with van der Waals surface area (Å²) in [6, 6.07) is 5.67. The van der Waals surface area contributed by atoms with Gasteiger partial charge >= 0.3 is 0 Å². The lowest BCUT2D eigenvalue weighted by Gasteiger charge is -2.34. The monoisotopic (exact) mass is 444 g/mol. The standard InChI is InChI=1S/C24H36N4O4/c1-17(2)13-22(25-18(3)29)24(31)28-11-12-32-23-6-5-20(14-21(23)16-28)15-26-7-9-27(10-8-26)19(4)30/h5-6,14,17,22H,7-13,15-16H2,1-4H3,(H,25,29)/t22-/m0/s1. The van der Waals surface area contributed by atoms with Crippen LogP contribution in [0.1, 0.15) is 45.2 Å². The molecule has 1 atom stereocenters. The zero-order valence-electron chi connectivity index (χ0n) is 19.7. The lowest BCUT2D eigenvalue weighted by Crippen LogP contribution is -2.49. The Morgan fingerprint density at radius 3 is 2.38 bits per heavy atom. The molecule has 3 amide bonds. The van der Waals surface area contributed by atoms with E-state index >= 15 is 0 Å². The average molecular weight is 445 g/mol. The number of carbonyl (C=O) groups excluding carboxylic acids is 3. The van der Waals surface area contributed by atoms with Crippen LogP contribution in [0.2, 0.25) is 0 Å². The van der Waals surface area contributed by atoms with Crippen molar-refractivity contribution in [1.82, 2.24) is 20.0 Å². The first kappa shape index (κ1) is 24.0. The van der Waals surface area contributed by atoms with Crippen molar-refractivity contribution in [1.29, 1.82) is 0 Å². The van der Waals surface area contributed by atoms with E-state index in [2.05, 4.69) is 22.3 Å². The third-order valence-electron chi connectivity index (χ3n) is 6.02. The van der Waals surface area contributed by atoms with Gasteiger partial charge in [-0.3, -0.25) is 19.3 Å². The van der Waals surface area contributed by atoms with Crippen LogP contribution in [0.3, 0.4) is 0 Å². The van der Waals surface area contributed by atoms with E-state index in [1.54, 1.807) is 11.8 Å². The highest BCUT2D eigenvalue weighted by Crippen LogP contribution is 2.26. The maximum atomic E-state index is 13.2. The normalized spacial score (nSPS) is 17.9. The van der Waals surface area contributed by atoms with Crippen LogP contribution in [0.5, 0.6) is 5.75 Å². The lowest BCUT2D eigenvalue weighted by molar-refractivity contribution is -0.137. The highest BCUT2D eigenvalue weighted by atomic mass is 16.5. The predicted octanol–water partition coefficient (Wildman–Crippen LogP) is 1.62. The van der Waals surface area contributed by atoms with Crippen LogP contribution in [-0.2, 0) is 27.5 Å². The Hall–Kier alpha value is -2.61. The van der Waals surface area contributed by atoms with Crippen molar-refractivity contribution in [3.63, 3.8) is 0 Å². The molecule has 0 saturated carbocycles. The Bertz CT molecular complexity index is 833. The largest absolute Gasteiger partial charge is 0.491 e. The molecule has 0 unspecified atom stereocenters. The second kappa shape index (κ2) is 10.8. The molecule has 2 heterocycles. The van der Waals surface area contributed by atoms with Gasteiger partial charge in [-0.05, 0) is 30.0 Å². The highest BCUT2D eigenvalue weighted by Gasteiger charge is 2.28. The smallest absolute Gasteiger partial charge is 0.245 e. The predicted molar refractivity (Wildman–Crippen MR) is 122 cm³/mol. The van der Waals surface area contributed by atoms with Crippen LogP contribution in [0, 0.1) is 5.92 Å². The van der Waals surface area contributed by atoms with Crippen LogP contribution in [0.4, 0.5) is 0 Å². The molecule has 1 fully saturated rings. The quantitative estimate of drug-likeness (QED) is 0.721. The van der Waals surface area contributed by atoms with Crippen molar-refractivity contribution in [3.05, 3.63) is 29.3 Å². The van der Waals surface area contributed by atoms with Gasteiger partial charge < -0.3 is 19.9 Å². The van der Waals surface area contributed by atoms with E-state index in [-0.39, 0.29) is 17.7 Å². The van der Waals surface area contributed by atoms with Crippen LogP contribution in [0.25, 0.3) is 0 Å². The summed E-state index contributed by atoms with van der Waals surface area (Å²) in [7, 11) is 0. The molecule has 176 valence electrons. The van der Waals surface area contributed by atoms with Gasteiger partial charge in [0, 0.05) is 58.7 Å². The summed E-state index contributed by atoms with van der Waals surface area (Å²) in [5, 5.41) is 2.82. The first-order valence-corrected chi connectivity index (χ1v) is 11.5. The second-order valence-corrected chi connectivity index (χ2v) is 9.22. The molecule has 2 aliphatic heterocycles. The van der Waals surface area contributed by atoms with Crippen LogP contribution in [-0.4, -0.2) is 77.8 Å². The van der Waals surface area contributed by atoms with Gasteiger partial charge in [0.1, 0.15) is 18.4 Å². The van der Waals surface area contributed by atoms with Gasteiger partial charge in [0.2, 0.25) is 17.7 Å². The number of nitrogens with zero attached hydrogens (tertiary/aromatic N) is 3. The molecular weight excluding hydrogens is 408 g/mol. The number of carbonyl (C=O) groups is 3. The first-order valence-electron chi connectivity index (χ1n) is 11.5. The molecule has 8 heteroatoms. The SMILES string of the molecule is CC(=O)N[C@@H](CC(C)C)C(=O)N1CCOc2ccc(CN3CCN(C(C)=O)CC3)cc2C1. The van der Waals surface area contributed by atoms with Crippen molar-refractivity contribution in [2.24, 2.45) is 5.92 Å². The number of piperazine rings is 1. The summed E-state index contributed by atoms with van der Waals surface area (Å²) >= 11 is 0.